The first kappa shape index (κ1) is 13.3. The first-order valence-corrected chi connectivity index (χ1v) is 6.71. The van der Waals surface area contributed by atoms with Crippen molar-refractivity contribution in [3.8, 4) is 0 Å². The molecular formula is C13H22N2O3. The van der Waals surface area contributed by atoms with Gasteiger partial charge in [0.15, 0.2) is 0 Å². The molecule has 0 N–H and O–H groups in total. The SMILES string of the molecule is COC(=O)[C@H]1CCCN1C(=O)C[C@@H]1CCCN1C. The molecule has 0 spiro atoms. The average molecular weight is 254 g/mol. The highest BCUT2D eigenvalue weighted by molar-refractivity contribution is 5.85. The van der Waals surface area contributed by atoms with Gasteiger partial charge in [-0.3, -0.25) is 4.79 Å². The Morgan fingerprint density at radius 2 is 1.94 bits per heavy atom. The van der Waals surface area contributed by atoms with Crippen LogP contribution in [0.5, 0.6) is 0 Å². The first-order chi connectivity index (χ1) is 8.63. The van der Waals surface area contributed by atoms with Gasteiger partial charge in [-0.25, -0.2) is 4.79 Å². The third-order valence-electron chi connectivity index (χ3n) is 4.13. The van der Waals surface area contributed by atoms with Crippen LogP contribution in [0.1, 0.15) is 32.1 Å². The average Bonchev–Trinajstić information content (AvgIpc) is 2.98. The Hall–Kier alpha value is -1.10. The molecule has 5 heteroatoms. The predicted octanol–water partition coefficient (Wildman–Crippen LogP) is 0.635. The lowest BCUT2D eigenvalue weighted by atomic mass is 10.1. The van der Waals surface area contributed by atoms with Gasteiger partial charge in [-0.05, 0) is 39.3 Å². The summed E-state index contributed by atoms with van der Waals surface area (Å²) in [6, 6.07) is -0.00870. The highest BCUT2D eigenvalue weighted by Crippen LogP contribution is 2.23. The molecule has 2 rings (SSSR count). The van der Waals surface area contributed by atoms with E-state index in [1.165, 1.54) is 7.11 Å². The van der Waals surface area contributed by atoms with Gasteiger partial charge in [0.2, 0.25) is 5.91 Å². The van der Waals surface area contributed by atoms with Crippen LogP contribution in [0.2, 0.25) is 0 Å². The lowest BCUT2D eigenvalue weighted by molar-refractivity contribution is -0.151. The summed E-state index contributed by atoms with van der Waals surface area (Å²) in [5, 5.41) is 0. The van der Waals surface area contributed by atoms with E-state index >= 15 is 0 Å². The van der Waals surface area contributed by atoms with Crippen LogP contribution in [0.3, 0.4) is 0 Å². The van der Waals surface area contributed by atoms with E-state index in [4.69, 9.17) is 4.74 Å². The van der Waals surface area contributed by atoms with Crippen molar-refractivity contribution in [1.29, 1.82) is 0 Å². The van der Waals surface area contributed by atoms with Crippen molar-refractivity contribution in [2.75, 3.05) is 27.2 Å². The molecule has 102 valence electrons. The van der Waals surface area contributed by atoms with Crippen LogP contribution in [0, 0.1) is 0 Å². The van der Waals surface area contributed by atoms with E-state index in [0.717, 1.165) is 32.2 Å². The van der Waals surface area contributed by atoms with E-state index in [1.54, 1.807) is 4.90 Å². The van der Waals surface area contributed by atoms with E-state index in [1.807, 2.05) is 0 Å². The van der Waals surface area contributed by atoms with E-state index in [2.05, 4.69) is 11.9 Å². The topological polar surface area (TPSA) is 49.9 Å². The number of esters is 1. The summed E-state index contributed by atoms with van der Waals surface area (Å²) in [5.41, 5.74) is 0. The lowest BCUT2D eigenvalue weighted by Crippen LogP contribution is -2.43. The zero-order valence-electron chi connectivity index (χ0n) is 11.2. The summed E-state index contributed by atoms with van der Waals surface area (Å²) >= 11 is 0. The molecule has 0 aromatic rings. The Morgan fingerprint density at radius 3 is 2.56 bits per heavy atom. The second kappa shape index (κ2) is 5.69. The molecule has 0 bridgehead atoms. The summed E-state index contributed by atoms with van der Waals surface area (Å²) < 4.78 is 4.76. The van der Waals surface area contributed by atoms with Crippen LogP contribution in [0.25, 0.3) is 0 Å². The minimum absolute atomic E-state index is 0.0988. The number of rotatable bonds is 3. The molecule has 18 heavy (non-hydrogen) atoms. The third-order valence-corrected chi connectivity index (χ3v) is 4.13. The van der Waals surface area contributed by atoms with E-state index < -0.39 is 0 Å². The standard InChI is InChI=1S/C13H22N2O3/c1-14-7-3-5-10(14)9-12(16)15-8-4-6-11(15)13(17)18-2/h10-11H,3-9H2,1-2H3/t10-,11+/m0/s1. The molecule has 2 aliphatic rings. The zero-order valence-corrected chi connectivity index (χ0v) is 11.2. The molecule has 2 atom stereocenters. The van der Waals surface area contributed by atoms with Crippen LogP contribution >= 0.6 is 0 Å². The van der Waals surface area contributed by atoms with Gasteiger partial charge >= 0.3 is 5.97 Å². The fourth-order valence-corrected chi connectivity index (χ4v) is 3.00. The monoisotopic (exact) mass is 254 g/mol. The van der Waals surface area contributed by atoms with Crippen molar-refractivity contribution in [2.24, 2.45) is 0 Å². The van der Waals surface area contributed by atoms with Crippen LogP contribution in [0.4, 0.5) is 0 Å². The number of hydrogen-bond donors (Lipinski definition) is 0. The quantitative estimate of drug-likeness (QED) is 0.693. The minimum atomic E-state index is -0.353. The number of hydrogen-bond acceptors (Lipinski definition) is 4. The zero-order chi connectivity index (χ0) is 13.1. The molecule has 0 unspecified atom stereocenters. The van der Waals surface area contributed by atoms with E-state index in [-0.39, 0.29) is 17.9 Å². The largest absolute Gasteiger partial charge is 0.467 e. The Morgan fingerprint density at radius 1 is 1.22 bits per heavy atom. The van der Waals surface area contributed by atoms with Gasteiger partial charge in [0, 0.05) is 19.0 Å². The Labute approximate surface area is 108 Å². The number of likely N-dealkylation sites (tertiary alicyclic amines) is 2. The molecule has 0 aromatic heterocycles. The summed E-state index contributed by atoms with van der Waals surface area (Å²) in [4.78, 5) is 27.8. The molecule has 2 saturated heterocycles. The van der Waals surface area contributed by atoms with Crippen LogP contribution in [-0.2, 0) is 14.3 Å². The van der Waals surface area contributed by atoms with Crippen molar-refractivity contribution in [3.63, 3.8) is 0 Å². The van der Waals surface area contributed by atoms with Crippen molar-refractivity contribution >= 4 is 11.9 Å². The normalized spacial score (nSPS) is 28.7. The molecule has 2 fully saturated rings. The molecule has 2 heterocycles. The summed E-state index contributed by atoms with van der Waals surface area (Å²) in [6.07, 6.45) is 4.41. The molecule has 0 aliphatic carbocycles. The maximum absolute atomic E-state index is 12.3. The van der Waals surface area contributed by atoms with Gasteiger partial charge in [0.25, 0.3) is 0 Å². The van der Waals surface area contributed by atoms with Gasteiger partial charge in [0.05, 0.1) is 7.11 Å². The van der Waals surface area contributed by atoms with Crippen molar-refractivity contribution in [3.05, 3.63) is 0 Å². The van der Waals surface area contributed by atoms with Gasteiger partial charge in [0.1, 0.15) is 6.04 Å². The van der Waals surface area contributed by atoms with Crippen molar-refractivity contribution in [1.82, 2.24) is 9.80 Å². The van der Waals surface area contributed by atoms with Gasteiger partial charge in [-0.15, -0.1) is 0 Å². The highest BCUT2D eigenvalue weighted by atomic mass is 16.5. The molecule has 5 nitrogen and oxygen atoms in total. The fourth-order valence-electron chi connectivity index (χ4n) is 3.00. The molecule has 1 amide bonds. The molecule has 0 radical (unpaired) electrons. The highest BCUT2D eigenvalue weighted by Gasteiger charge is 2.36. The van der Waals surface area contributed by atoms with Crippen LogP contribution in [-0.4, -0.2) is 61.0 Å². The smallest absolute Gasteiger partial charge is 0.328 e. The molecule has 0 saturated carbocycles. The van der Waals surface area contributed by atoms with Gasteiger partial charge < -0.3 is 14.5 Å². The summed E-state index contributed by atoms with van der Waals surface area (Å²) in [6.45, 7) is 1.76. The summed E-state index contributed by atoms with van der Waals surface area (Å²) in [7, 11) is 3.45. The Bertz CT molecular complexity index is 332. The van der Waals surface area contributed by atoms with Crippen molar-refractivity contribution < 1.29 is 14.3 Å². The van der Waals surface area contributed by atoms with Gasteiger partial charge in [-0.2, -0.15) is 0 Å². The summed E-state index contributed by atoms with van der Waals surface area (Å²) in [5.74, 6) is -0.178. The van der Waals surface area contributed by atoms with Crippen molar-refractivity contribution in [2.45, 2.75) is 44.2 Å². The van der Waals surface area contributed by atoms with Gasteiger partial charge in [-0.1, -0.05) is 0 Å². The second-order valence-corrected chi connectivity index (χ2v) is 5.25. The molecular weight excluding hydrogens is 232 g/mol. The maximum atomic E-state index is 12.3. The lowest BCUT2D eigenvalue weighted by Gasteiger charge is -2.26. The van der Waals surface area contributed by atoms with Crippen LogP contribution in [0.15, 0.2) is 0 Å². The number of carbonyl (C=O) groups is 2. The number of amides is 1. The van der Waals surface area contributed by atoms with E-state index in [9.17, 15) is 9.59 Å². The minimum Gasteiger partial charge on any atom is -0.467 e. The molecule has 2 aliphatic heterocycles. The predicted molar refractivity (Wildman–Crippen MR) is 67.0 cm³/mol. The third kappa shape index (κ3) is 2.66. The maximum Gasteiger partial charge on any atom is 0.328 e. The number of carbonyl (C=O) groups excluding carboxylic acids is 2. The molecule has 0 aromatic carbocycles. The number of nitrogens with zero attached hydrogens (tertiary/aromatic N) is 2. The Kier molecular flexibility index (Phi) is 4.22. The number of methoxy groups -OCH3 is 1. The number of ether oxygens (including phenoxy) is 1. The Balaban J connectivity index is 1.93. The fraction of sp³-hybridized carbons (Fsp3) is 0.846. The van der Waals surface area contributed by atoms with E-state index in [0.29, 0.717) is 19.0 Å². The first-order valence-electron chi connectivity index (χ1n) is 6.71. The second-order valence-electron chi connectivity index (χ2n) is 5.25. The van der Waals surface area contributed by atoms with Crippen LogP contribution < -0.4 is 0 Å².